The Morgan fingerprint density at radius 3 is 3.00 bits per heavy atom. The summed E-state index contributed by atoms with van der Waals surface area (Å²) in [6.07, 6.45) is 0.745. The standard InChI is InChI=1S/C11H15N3O3/c1-6(11(15)16)12-10-8-5-17-4-3-9(8)13-7(2)14-10/h6H,3-5H2,1-2H3,(H,15,16)(H,12,13,14). The molecule has 2 heterocycles. The molecule has 1 atom stereocenters. The first-order valence-corrected chi connectivity index (χ1v) is 5.51. The molecule has 6 heteroatoms. The van der Waals surface area contributed by atoms with Crippen molar-refractivity contribution in [3.8, 4) is 0 Å². The summed E-state index contributed by atoms with van der Waals surface area (Å²) in [6, 6.07) is -0.685. The minimum atomic E-state index is -0.910. The highest BCUT2D eigenvalue weighted by atomic mass is 16.5. The molecule has 0 fully saturated rings. The quantitative estimate of drug-likeness (QED) is 0.806. The third kappa shape index (κ3) is 2.52. The van der Waals surface area contributed by atoms with Crippen LogP contribution in [0.2, 0.25) is 0 Å². The van der Waals surface area contributed by atoms with Crippen LogP contribution in [0.15, 0.2) is 0 Å². The second-order valence-electron chi connectivity index (χ2n) is 4.05. The molecule has 1 aromatic heterocycles. The Morgan fingerprint density at radius 2 is 2.29 bits per heavy atom. The molecule has 2 N–H and O–H groups in total. The minimum Gasteiger partial charge on any atom is -0.480 e. The second kappa shape index (κ2) is 4.67. The van der Waals surface area contributed by atoms with Crippen LogP contribution in [0.5, 0.6) is 0 Å². The normalized spacial score (nSPS) is 16.1. The zero-order valence-corrected chi connectivity index (χ0v) is 9.86. The fourth-order valence-electron chi connectivity index (χ4n) is 1.74. The fraction of sp³-hybridized carbons (Fsp3) is 0.545. The number of hydrogen-bond donors (Lipinski definition) is 2. The highest BCUT2D eigenvalue weighted by Crippen LogP contribution is 2.22. The van der Waals surface area contributed by atoms with Crippen LogP contribution < -0.4 is 5.32 Å². The third-order valence-corrected chi connectivity index (χ3v) is 2.66. The zero-order chi connectivity index (χ0) is 12.4. The van der Waals surface area contributed by atoms with Crippen molar-refractivity contribution in [3.05, 3.63) is 17.1 Å². The Labute approximate surface area is 99.0 Å². The average Bonchev–Trinajstić information content (AvgIpc) is 2.28. The van der Waals surface area contributed by atoms with Crippen molar-refractivity contribution >= 4 is 11.8 Å². The number of fused-ring (bicyclic) bond motifs is 1. The third-order valence-electron chi connectivity index (χ3n) is 2.66. The summed E-state index contributed by atoms with van der Waals surface area (Å²) in [6.45, 7) is 4.46. The lowest BCUT2D eigenvalue weighted by Gasteiger charge is -2.20. The van der Waals surface area contributed by atoms with Crippen molar-refractivity contribution < 1.29 is 14.6 Å². The first-order valence-electron chi connectivity index (χ1n) is 5.51. The van der Waals surface area contributed by atoms with Gasteiger partial charge in [-0.3, -0.25) is 4.79 Å². The molecule has 0 saturated heterocycles. The summed E-state index contributed by atoms with van der Waals surface area (Å²) in [5.74, 6) is 0.305. The van der Waals surface area contributed by atoms with Gasteiger partial charge >= 0.3 is 5.97 Å². The lowest BCUT2D eigenvalue weighted by molar-refractivity contribution is -0.137. The van der Waals surface area contributed by atoms with Gasteiger partial charge in [-0.1, -0.05) is 0 Å². The topological polar surface area (TPSA) is 84.3 Å². The smallest absolute Gasteiger partial charge is 0.325 e. The van der Waals surface area contributed by atoms with Gasteiger partial charge in [-0.25, -0.2) is 9.97 Å². The van der Waals surface area contributed by atoms with Crippen LogP contribution in [-0.4, -0.2) is 33.7 Å². The number of nitrogens with one attached hydrogen (secondary N) is 1. The molecular formula is C11H15N3O3. The van der Waals surface area contributed by atoms with Gasteiger partial charge in [0.05, 0.1) is 18.9 Å². The number of anilines is 1. The maximum Gasteiger partial charge on any atom is 0.325 e. The summed E-state index contributed by atoms with van der Waals surface area (Å²) in [5, 5.41) is 11.8. The van der Waals surface area contributed by atoms with Crippen molar-refractivity contribution in [1.82, 2.24) is 9.97 Å². The van der Waals surface area contributed by atoms with Gasteiger partial charge in [0.1, 0.15) is 17.7 Å². The number of aryl methyl sites for hydroxylation is 1. The van der Waals surface area contributed by atoms with Crippen molar-refractivity contribution in [3.63, 3.8) is 0 Å². The van der Waals surface area contributed by atoms with E-state index in [4.69, 9.17) is 9.84 Å². The molecule has 0 amide bonds. The molecule has 0 aromatic carbocycles. The second-order valence-corrected chi connectivity index (χ2v) is 4.05. The van der Waals surface area contributed by atoms with Crippen LogP contribution in [-0.2, 0) is 22.6 Å². The van der Waals surface area contributed by atoms with Crippen LogP contribution in [0.4, 0.5) is 5.82 Å². The van der Waals surface area contributed by atoms with Crippen LogP contribution in [0.25, 0.3) is 0 Å². The number of carboxylic acid groups (broad SMARTS) is 1. The van der Waals surface area contributed by atoms with Gasteiger partial charge in [0.2, 0.25) is 0 Å². The molecule has 0 aliphatic carbocycles. The molecule has 92 valence electrons. The molecule has 0 spiro atoms. The zero-order valence-electron chi connectivity index (χ0n) is 9.86. The number of rotatable bonds is 3. The Balaban J connectivity index is 2.32. The fourth-order valence-corrected chi connectivity index (χ4v) is 1.74. The van der Waals surface area contributed by atoms with Crippen molar-refractivity contribution in [2.24, 2.45) is 0 Å². The summed E-state index contributed by atoms with van der Waals surface area (Å²) in [4.78, 5) is 19.4. The van der Waals surface area contributed by atoms with Crippen LogP contribution in [0.1, 0.15) is 24.0 Å². The highest BCUT2D eigenvalue weighted by Gasteiger charge is 2.20. The van der Waals surface area contributed by atoms with E-state index in [0.29, 0.717) is 24.9 Å². The predicted molar refractivity (Wildman–Crippen MR) is 60.8 cm³/mol. The molecule has 6 nitrogen and oxygen atoms in total. The molecule has 1 unspecified atom stereocenters. The van der Waals surface area contributed by atoms with Crippen LogP contribution >= 0.6 is 0 Å². The number of nitrogens with zero attached hydrogens (tertiary/aromatic N) is 2. The van der Waals surface area contributed by atoms with E-state index in [9.17, 15) is 4.79 Å². The van der Waals surface area contributed by atoms with E-state index in [1.165, 1.54) is 0 Å². The lowest BCUT2D eigenvalue weighted by atomic mass is 10.1. The van der Waals surface area contributed by atoms with Crippen molar-refractivity contribution in [1.29, 1.82) is 0 Å². The molecule has 0 radical (unpaired) electrons. The van der Waals surface area contributed by atoms with Gasteiger partial charge in [-0.2, -0.15) is 0 Å². The number of aliphatic carboxylic acids is 1. The minimum absolute atomic E-state index is 0.435. The Kier molecular flexibility index (Phi) is 3.23. The molecule has 1 aliphatic rings. The van der Waals surface area contributed by atoms with Crippen LogP contribution in [0.3, 0.4) is 0 Å². The molecule has 1 aromatic rings. The molecule has 0 saturated carbocycles. The van der Waals surface area contributed by atoms with Gasteiger partial charge in [0.15, 0.2) is 0 Å². The van der Waals surface area contributed by atoms with E-state index in [2.05, 4.69) is 15.3 Å². The lowest BCUT2D eigenvalue weighted by Crippen LogP contribution is -2.28. The maximum absolute atomic E-state index is 10.8. The van der Waals surface area contributed by atoms with E-state index >= 15 is 0 Å². The number of hydrogen-bond acceptors (Lipinski definition) is 5. The van der Waals surface area contributed by atoms with Crippen LogP contribution in [0, 0.1) is 6.92 Å². The summed E-state index contributed by atoms with van der Waals surface area (Å²) < 4.78 is 5.35. The maximum atomic E-state index is 10.8. The average molecular weight is 237 g/mol. The molecule has 17 heavy (non-hydrogen) atoms. The first-order chi connectivity index (χ1) is 8.08. The van der Waals surface area contributed by atoms with E-state index in [1.54, 1.807) is 13.8 Å². The number of carboxylic acids is 1. The van der Waals surface area contributed by atoms with E-state index < -0.39 is 12.0 Å². The molecular weight excluding hydrogens is 222 g/mol. The van der Waals surface area contributed by atoms with Crippen molar-refractivity contribution in [2.75, 3.05) is 11.9 Å². The highest BCUT2D eigenvalue weighted by molar-refractivity contribution is 5.76. The van der Waals surface area contributed by atoms with E-state index in [-0.39, 0.29) is 0 Å². The van der Waals surface area contributed by atoms with Gasteiger partial charge in [-0.15, -0.1) is 0 Å². The summed E-state index contributed by atoms with van der Waals surface area (Å²) in [5.41, 5.74) is 1.82. The summed E-state index contributed by atoms with van der Waals surface area (Å²) in [7, 11) is 0. The predicted octanol–water partition coefficient (Wildman–Crippen LogP) is 0.743. The SMILES string of the molecule is Cc1nc2c(c(NC(C)C(=O)O)n1)COCC2. The van der Waals surface area contributed by atoms with Gasteiger partial charge in [0, 0.05) is 12.0 Å². The molecule has 1 aliphatic heterocycles. The summed E-state index contributed by atoms with van der Waals surface area (Å²) >= 11 is 0. The van der Waals surface area contributed by atoms with E-state index in [0.717, 1.165) is 17.7 Å². The number of carbonyl (C=O) groups is 1. The number of aromatic nitrogens is 2. The van der Waals surface area contributed by atoms with Gasteiger partial charge < -0.3 is 15.2 Å². The monoisotopic (exact) mass is 237 g/mol. The van der Waals surface area contributed by atoms with E-state index in [1.807, 2.05) is 0 Å². The Morgan fingerprint density at radius 1 is 1.53 bits per heavy atom. The largest absolute Gasteiger partial charge is 0.480 e. The van der Waals surface area contributed by atoms with Crippen molar-refractivity contribution in [2.45, 2.75) is 32.9 Å². The Hall–Kier alpha value is -1.69. The number of ether oxygens (including phenoxy) is 1. The molecule has 2 rings (SSSR count). The molecule has 0 bridgehead atoms. The van der Waals surface area contributed by atoms with Gasteiger partial charge in [0.25, 0.3) is 0 Å². The first kappa shape index (κ1) is 11.8. The Bertz CT molecular complexity index is 448. The van der Waals surface area contributed by atoms with Gasteiger partial charge in [-0.05, 0) is 13.8 Å².